The number of thioether (sulfide) groups is 1. The monoisotopic (exact) mass is 233 g/mol. The van der Waals surface area contributed by atoms with Crippen molar-refractivity contribution in [1.82, 2.24) is 5.32 Å². The van der Waals surface area contributed by atoms with Crippen LogP contribution >= 0.6 is 11.8 Å². The summed E-state index contributed by atoms with van der Waals surface area (Å²) in [7, 11) is 0. The molecule has 0 aromatic rings. The van der Waals surface area contributed by atoms with Gasteiger partial charge in [0.2, 0.25) is 0 Å². The number of morpholine rings is 1. The van der Waals surface area contributed by atoms with E-state index in [2.05, 4.69) is 25.4 Å². The van der Waals surface area contributed by atoms with E-state index in [1.165, 1.54) is 5.75 Å². The van der Waals surface area contributed by atoms with Gasteiger partial charge in [-0.3, -0.25) is 0 Å². The van der Waals surface area contributed by atoms with Crippen LogP contribution < -0.4 is 5.32 Å². The molecular formula is C11H23NO2S. The fourth-order valence-corrected chi connectivity index (χ4v) is 2.09. The third-order valence-corrected chi connectivity index (χ3v) is 3.05. The number of hydrogen-bond acceptors (Lipinski definition) is 4. The topological polar surface area (TPSA) is 30.5 Å². The van der Waals surface area contributed by atoms with Crippen LogP contribution in [0.1, 0.15) is 20.3 Å². The molecule has 1 heterocycles. The SMILES string of the molecule is CSCCCOCC1CNCC(C)(C)O1. The lowest BCUT2D eigenvalue weighted by Gasteiger charge is -2.36. The highest BCUT2D eigenvalue weighted by molar-refractivity contribution is 7.98. The minimum absolute atomic E-state index is 0.0501. The predicted octanol–water partition coefficient (Wildman–Crippen LogP) is 1.52. The van der Waals surface area contributed by atoms with E-state index < -0.39 is 0 Å². The number of hydrogen-bond donors (Lipinski definition) is 1. The Morgan fingerprint density at radius 2 is 2.33 bits per heavy atom. The fraction of sp³-hybridized carbons (Fsp3) is 1.00. The molecule has 1 atom stereocenters. The van der Waals surface area contributed by atoms with E-state index in [9.17, 15) is 0 Å². The van der Waals surface area contributed by atoms with Gasteiger partial charge in [-0.15, -0.1) is 0 Å². The Hall–Kier alpha value is 0.230. The Kier molecular flexibility index (Phi) is 5.97. The zero-order valence-electron chi connectivity index (χ0n) is 10.0. The summed E-state index contributed by atoms with van der Waals surface area (Å²) in [6.45, 7) is 7.62. The second-order valence-electron chi connectivity index (χ2n) is 4.55. The van der Waals surface area contributed by atoms with Gasteiger partial charge in [0, 0.05) is 19.7 Å². The van der Waals surface area contributed by atoms with Gasteiger partial charge in [0.15, 0.2) is 0 Å². The first-order chi connectivity index (χ1) is 7.14. The van der Waals surface area contributed by atoms with Gasteiger partial charge in [0.1, 0.15) is 0 Å². The summed E-state index contributed by atoms with van der Waals surface area (Å²) < 4.78 is 11.5. The van der Waals surface area contributed by atoms with Gasteiger partial charge in [-0.2, -0.15) is 11.8 Å². The third-order valence-electron chi connectivity index (χ3n) is 2.35. The predicted molar refractivity (Wildman–Crippen MR) is 65.6 cm³/mol. The summed E-state index contributed by atoms with van der Waals surface area (Å²) in [5.74, 6) is 1.18. The van der Waals surface area contributed by atoms with E-state index in [0.29, 0.717) is 6.61 Å². The largest absolute Gasteiger partial charge is 0.379 e. The zero-order valence-corrected chi connectivity index (χ0v) is 10.9. The van der Waals surface area contributed by atoms with Gasteiger partial charge < -0.3 is 14.8 Å². The number of ether oxygens (including phenoxy) is 2. The van der Waals surface area contributed by atoms with E-state index in [1.54, 1.807) is 0 Å². The lowest BCUT2D eigenvalue weighted by atomic mass is 10.1. The molecule has 1 N–H and O–H groups in total. The summed E-state index contributed by atoms with van der Waals surface area (Å²) in [6.07, 6.45) is 3.46. The Bertz CT molecular complexity index is 176. The second kappa shape index (κ2) is 6.74. The zero-order chi connectivity index (χ0) is 11.1. The molecule has 0 saturated carbocycles. The van der Waals surface area contributed by atoms with Crippen LogP contribution in [0.4, 0.5) is 0 Å². The fourth-order valence-electron chi connectivity index (χ4n) is 1.68. The van der Waals surface area contributed by atoms with Crippen LogP contribution in [-0.2, 0) is 9.47 Å². The second-order valence-corrected chi connectivity index (χ2v) is 5.54. The lowest BCUT2D eigenvalue weighted by Crippen LogP contribution is -2.51. The maximum absolute atomic E-state index is 5.89. The van der Waals surface area contributed by atoms with Crippen molar-refractivity contribution < 1.29 is 9.47 Å². The van der Waals surface area contributed by atoms with Crippen LogP contribution in [0.25, 0.3) is 0 Å². The van der Waals surface area contributed by atoms with Crippen LogP contribution in [0, 0.1) is 0 Å². The molecule has 0 aromatic carbocycles. The Morgan fingerprint density at radius 3 is 3.00 bits per heavy atom. The summed E-state index contributed by atoms with van der Waals surface area (Å²) in [6, 6.07) is 0. The van der Waals surface area contributed by atoms with Crippen LogP contribution in [0.2, 0.25) is 0 Å². The summed E-state index contributed by atoms with van der Waals surface area (Å²) >= 11 is 1.86. The normalized spacial score (nSPS) is 25.4. The molecule has 0 spiro atoms. The highest BCUT2D eigenvalue weighted by Crippen LogP contribution is 2.15. The molecule has 90 valence electrons. The molecule has 15 heavy (non-hydrogen) atoms. The van der Waals surface area contributed by atoms with E-state index in [0.717, 1.165) is 26.1 Å². The molecule has 0 amide bonds. The van der Waals surface area contributed by atoms with Gasteiger partial charge in [-0.25, -0.2) is 0 Å². The molecule has 1 aliphatic rings. The standard InChI is InChI=1S/C11H23NO2S/c1-11(2)9-12-7-10(14-11)8-13-5-4-6-15-3/h10,12H,4-9H2,1-3H3. The first kappa shape index (κ1) is 13.3. The molecule has 0 radical (unpaired) electrons. The third kappa shape index (κ3) is 5.76. The Balaban J connectivity index is 2.05. The van der Waals surface area contributed by atoms with Crippen molar-refractivity contribution in [2.24, 2.45) is 0 Å². The minimum atomic E-state index is -0.0501. The van der Waals surface area contributed by atoms with Crippen molar-refractivity contribution in [3.63, 3.8) is 0 Å². The highest BCUT2D eigenvalue weighted by atomic mass is 32.2. The molecule has 1 saturated heterocycles. The molecule has 3 nitrogen and oxygen atoms in total. The number of rotatable bonds is 6. The maximum atomic E-state index is 5.89. The van der Waals surface area contributed by atoms with E-state index >= 15 is 0 Å². The van der Waals surface area contributed by atoms with Crippen molar-refractivity contribution in [1.29, 1.82) is 0 Å². The van der Waals surface area contributed by atoms with Crippen molar-refractivity contribution >= 4 is 11.8 Å². The molecule has 0 aromatic heterocycles. The average molecular weight is 233 g/mol. The summed E-state index contributed by atoms with van der Waals surface area (Å²) in [4.78, 5) is 0. The first-order valence-corrected chi connectivity index (χ1v) is 6.99. The van der Waals surface area contributed by atoms with Gasteiger partial charge in [0.05, 0.1) is 18.3 Å². The highest BCUT2D eigenvalue weighted by Gasteiger charge is 2.28. The van der Waals surface area contributed by atoms with Gasteiger partial charge >= 0.3 is 0 Å². The summed E-state index contributed by atoms with van der Waals surface area (Å²) in [5, 5.41) is 3.37. The van der Waals surface area contributed by atoms with Crippen molar-refractivity contribution in [2.45, 2.75) is 32.0 Å². The molecule has 0 bridgehead atoms. The van der Waals surface area contributed by atoms with Crippen LogP contribution in [-0.4, -0.2) is 50.0 Å². The minimum Gasteiger partial charge on any atom is -0.379 e. The smallest absolute Gasteiger partial charge is 0.0940 e. The molecule has 1 fully saturated rings. The van der Waals surface area contributed by atoms with Crippen LogP contribution in [0.5, 0.6) is 0 Å². The first-order valence-electron chi connectivity index (χ1n) is 5.59. The molecule has 0 aliphatic carbocycles. The van der Waals surface area contributed by atoms with E-state index in [4.69, 9.17) is 9.47 Å². The van der Waals surface area contributed by atoms with Crippen LogP contribution in [0.15, 0.2) is 0 Å². The van der Waals surface area contributed by atoms with Gasteiger partial charge in [-0.05, 0) is 32.3 Å². The van der Waals surface area contributed by atoms with Crippen molar-refractivity contribution in [3.8, 4) is 0 Å². The quantitative estimate of drug-likeness (QED) is 0.705. The Morgan fingerprint density at radius 1 is 1.53 bits per heavy atom. The molecule has 4 heteroatoms. The molecule has 1 rings (SSSR count). The molecule has 1 aliphatic heterocycles. The average Bonchev–Trinajstić information content (AvgIpc) is 2.16. The Labute approximate surface area is 97.3 Å². The maximum Gasteiger partial charge on any atom is 0.0940 e. The van der Waals surface area contributed by atoms with Gasteiger partial charge in [0.25, 0.3) is 0 Å². The number of nitrogens with one attached hydrogen (secondary N) is 1. The lowest BCUT2D eigenvalue weighted by molar-refractivity contribution is -0.120. The van der Waals surface area contributed by atoms with Crippen LogP contribution in [0.3, 0.4) is 0 Å². The van der Waals surface area contributed by atoms with E-state index in [-0.39, 0.29) is 11.7 Å². The van der Waals surface area contributed by atoms with Crippen molar-refractivity contribution in [3.05, 3.63) is 0 Å². The van der Waals surface area contributed by atoms with E-state index in [1.807, 2.05) is 11.8 Å². The molecule has 1 unspecified atom stereocenters. The molecular weight excluding hydrogens is 210 g/mol. The van der Waals surface area contributed by atoms with Gasteiger partial charge in [-0.1, -0.05) is 0 Å². The van der Waals surface area contributed by atoms with Crippen molar-refractivity contribution in [2.75, 3.05) is 38.3 Å². The summed E-state index contributed by atoms with van der Waals surface area (Å²) in [5.41, 5.74) is -0.0501.